The molecule has 0 aliphatic heterocycles. The van der Waals surface area contributed by atoms with Crippen molar-refractivity contribution in [2.24, 2.45) is 0 Å². The number of carboxylic acids is 4. The quantitative estimate of drug-likeness (QED) is 0.509. The average molecular weight is 266 g/mol. The predicted octanol–water partition coefficient (Wildman–Crippen LogP) is -8.18. The molecule has 0 saturated heterocycles. The van der Waals surface area contributed by atoms with E-state index >= 15 is 0 Å². The van der Waals surface area contributed by atoms with Crippen molar-refractivity contribution in [3.63, 3.8) is 0 Å². The minimum atomic E-state index is -1.94. The van der Waals surface area contributed by atoms with E-state index in [0.29, 0.717) is 12.1 Å². The topological polar surface area (TPSA) is 155 Å². The standard InChI is InChI=1S/C10H6O8.2Li/c11-7(12)3-1-4(8(13)14)6(10(17)18)2-5(3)9(15)16;;/h1-2H,(H,11,12)(H,13,14)(H,15,16)(H,17,18);;/q;2*+1/p-2. The number of carbonyl (C=O) groups excluding carboxylic acids is 2. The molecule has 1 aromatic carbocycles. The smallest absolute Gasteiger partial charge is 0.545 e. The summed E-state index contributed by atoms with van der Waals surface area (Å²) in [5.74, 6) is -7.32. The first kappa shape index (κ1) is 20.6. The van der Waals surface area contributed by atoms with Gasteiger partial charge < -0.3 is 30.0 Å². The number of aromatic carboxylic acids is 4. The van der Waals surface area contributed by atoms with Gasteiger partial charge in [0, 0.05) is 11.1 Å². The van der Waals surface area contributed by atoms with E-state index in [4.69, 9.17) is 10.2 Å². The number of carbonyl (C=O) groups is 4. The summed E-state index contributed by atoms with van der Waals surface area (Å²) >= 11 is 0. The molecule has 94 valence electrons. The first-order valence-electron chi connectivity index (χ1n) is 4.33. The summed E-state index contributed by atoms with van der Waals surface area (Å²) in [4.78, 5) is 42.8. The summed E-state index contributed by atoms with van der Waals surface area (Å²) < 4.78 is 0. The van der Waals surface area contributed by atoms with Crippen LogP contribution in [0.2, 0.25) is 0 Å². The number of rotatable bonds is 4. The molecular weight excluding hydrogens is 262 g/mol. The van der Waals surface area contributed by atoms with Crippen LogP contribution < -0.4 is 47.9 Å². The van der Waals surface area contributed by atoms with Crippen molar-refractivity contribution in [3.05, 3.63) is 34.4 Å². The largest absolute Gasteiger partial charge is 1.00 e. The Hall–Kier alpha value is -1.71. The van der Waals surface area contributed by atoms with Crippen LogP contribution in [-0.2, 0) is 0 Å². The van der Waals surface area contributed by atoms with E-state index in [1.54, 1.807) is 0 Å². The monoisotopic (exact) mass is 266 g/mol. The molecule has 20 heavy (non-hydrogen) atoms. The van der Waals surface area contributed by atoms with Crippen LogP contribution in [0.5, 0.6) is 0 Å². The molecule has 0 bridgehead atoms. The number of hydrogen-bond donors (Lipinski definition) is 2. The van der Waals surface area contributed by atoms with Gasteiger partial charge in [0.05, 0.1) is 23.1 Å². The Morgan fingerprint density at radius 2 is 0.950 bits per heavy atom. The third-order valence-electron chi connectivity index (χ3n) is 2.06. The van der Waals surface area contributed by atoms with Crippen molar-refractivity contribution < 1.29 is 77.3 Å². The fourth-order valence-electron chi connectivity index (χ4n) is 1.29. The molecule has 0 heterocycles. The van der Waals surface area contributed by atoms with Gasteiger partial charge in [-0.2, -0.15) is 0 Å². The molecule has 8 nitrogen and oxygen atoms in total. The van der Waals surface area contributed by atoms with Gasteiger partial charge in [-0.05, 0) is 12.1 Å². The van der Waals surface area contributed by atoms with Gasteiger partial charge >= 0.3 is 49.7 Å². The minimum absolute atomic E-state index is 0. The first-order valence-corrected chi connectivity index (χ1v) is 4.33. The van der Waals surface area contributed by atoms with E-state index in [0.717, 1.165) is 0 Å². The van der Waals surface area contributed by atoms with Crippen molar-refractivity contribution >= 4 is 23.9 Å². The summed E-state index contributed by atoms with van der Waals surface area (Å²) in [6.07, 6.45) is 0. The Balaban J connectivity index is 0. The van der Waals surface area contributed by atoms with Gasteiger partial charge in [-0.15, -0.1) is 0 Å². The summed E-state index contributed by atoms with van der Waals surface area (Å²) in [5, 5.41) is 38.7. The van der Waals surface area contributed by atoms with Crippen LogP contribution in [0.1, 0.15) is 41.4 Å². The fraction of sp³-hybridized carbons (Fsp3) is 0. The number of hydrogen-bond acceptors (Lipinski definition) is 6. The molecular formula is C10H4Li2O8. The van der Waals surface area contributed by atoms with Gasteiger partial charge in [0.2, 0.25) is 0 Å². The van der Waals surface area contributed by atoms with Crippen molar-refractivity contribution in [2.75, 3.05) is 0 Å². The zero-order valence-corrected chi connectivity index (χ0v) is 10.5. The van der Waals surface area contributed by atoms with Crippen LogP contribution in [0.4, 0.5) is 0 Å². The third kappa shape index (κ3) is 4.15. The van der Waals surface area contributed by atoms with Gasteiger partial charge in [0.1, 0.15) is 0 Å². The Bertz CT molecular complexity index is 483. The van der Waals surface area contributed by atoms with Crippen molar-refractivity contribution in [3.8, 4) is 0 Å². The van der Waals surface area contributed by atoms with E-state index in [-0.39, 0.29) is 37.7 Å². The predicted molar refractivity (Wildman–Crippen MR) is 49.0 cm³/mol. The van der Waals surface area contributed by atoms with Crippen LogP contribution >= 0.6 is 0 Å². The van der Waals surface area contributed by atoms with Crippen LogP contribution in [-0.4, -0.2) is 34.1 Å². The summed E-state index contributed by atoms with van der Waals surface area (Å²) in [5.41, 5.74) is -3.63. The Morgan fingerprint density at radius 3 is 1.15 bits per heavy atom. The summed E-state index contributed by atoms with van der Waals surface area (Å²) in [6.45, 7) is 0. The zero-order valence-electron chi connectivity index (χ0n) is 10.5. The molecule has 10 heteroatoms. The van der Waals surface area contributed by atoms with E-state index in [9.17, 15) is 29.4 Å². The molecule has 0 aliphatic rings. The minimum Gasteiger partial charge on any atom is -0.545 e. The van der Waals surface area contributed by atoms with Gasteiger partial charge in [0.15, 0.2) is 0 Å². The second kappa shape index (κ2) is 7.78. The van der Waals surface area contributed by atoms with E-state index in [1.807, 2.05) is 0 Å². The molecule has 0 radical (unpaired) electrons. The summed E-state index contributed by atoms with van der Waals surface area (Å²) in [6, 6.07) is 0.818. The molecule has 0 aliphatic carbocycles. The fourth-order valence-corrected chi connectivity index (χ4v) is 1.29. The zero-order chi connectivity index (χ0) is 14.0. The Labute approximate surface area is 135 Å². The third-order valence-corrected chi connectivity index (χ3v) is 2.06. The second-order valence-corrected chi connectivity index (χ2v) is 3.13. The van der Waals surface area contributed by atoms with Gasteiger partial charge in [-0.25, -0.2) is 9.59 Å². The molecule has 0 atom stereocenters. The van der Waals surface area contributed by atoms with E-state index in [2.05, 4.69) is 0 Å². The Morgan fingerprint density at radius 1 is 0.700 bits per heavy atom. The molecule has 0 unspecified atom stereocenters. The van der Waals surface area contributed by atoms with E-state index < -0.39 is 46.1 Å². The molecule has 1 rings (SSSR count). The van der Waals surface area contributed by atoms with Crippen molar-refractivity contribution in [1.82, 2.24) is 0 Å². The first-order chi connectivity index (χ1) is 8.25. The number of benzene rings is 1. The van der Waals surface area contributed by atoms with Crippen molar-refractivity contribution in [2.45, 2.75) is 0 Å². The average Bonchev–Trinajstić information content (AvgIpc) is 2.26. The molecule has 1 aromatic rings. The molecule has 0 saturated carbocycles. The normalized spacial score (nSPS) is 8.80. The maximum atomic E-state index is 10.7. The molecule has 0 spiro atoms. The van der Waals surface area contributed by atoms with Gasteiger partial charge in [0.25, 0.3) is 0 Å². The molecule has 0 amide bonds. The van der Waals surface area contributed by atoms with Crippen LogP contribution in [0.25, 0.3) is 0 Å². The summed E-state index contributed by atoms with van der Waals surface area (Å²) in [7, 11) is 0. The molecule has 0 fully saturated rings. The van der Waals surface area contributed by atoms with Crippen LogP contribution in [0, 0.1) is 0 Å². The molecule has 0 aromatic heterocycles. The maximum absolute atomic E-state index is 10.7. The van der Waals surface area contributed by atoms with Gasteiger partial charge in [-0.3, -0.25) is 0 Å². The van der Waals surface area contributed by atoms with Crippen LogP contribution in [0.3, 0.4) is 0 Å². The van der Waals surface area contributed by atoms with Crippen molar-refractivity contribution in [1.29, 1.82) is 0 Å². The maximum Gasteiger partial charge on any atom is 1.00 e. The Kier molecular flexibility index (Phi) is 8.02. The SMILES string of the molecule is O=C([O-])c1cc(C(=O)[O-])c(C(=O)O)cc1C(=O)O.[Li+].[Li+]. The van der Waals surface area contributed by atoms with Crippen LogP contribution in [0.15, 0.2) is 12.1 Å². The van der Waals surface area contributed by atoms with Gasteiger partial charge in [-0.1, -0.05) is 0 Å². The second-order valence-electron chi connectivity index (χ2n) is 3.13. The van der Waals surface area contributed by atoms with E-state index in [1.165, 1.54) is 0 Å². The number of carboxylic acid groups (broad SMARTS) is 4. The molecule has 2 N–H and O–H groups in total.